The van der Waals surface area contributed by atoms with Gasteiger partial charge < -0.3 is 9.73 Å². The molecule has 1 aliphatic rings. The summed E-state index contributed by atoms with van der Waals surface area (Å²) in [6.45, 7) is 0.135. The Kier molecular flexibility index (Phi) is 6.38. The van der Waals surface area contributed by atoms with Gasteiger partial charge in [-0.15, -0.1) is 0 Å². The summed E-state index contributed by atoms with van der Waals surface area (Å²) in [7, 11) is 0. The van der Waals surface area contributed by atoms with E-state index in [1.54, 1.807) is 18.2 Å². The van der Waals surface area contributed by atoms with Crippen molar-refractivity contribution in [3.05, 3.63) is 64.8 Å². The van der Waals surface area contributed by atoms with E-state index in [1.807, 2.05) is 18.2 Å². The van der Waals surface area contributed by atoms with Crippen molar-refractivity contribution in [1.82, 2.24) is 15.2 Å². The van der Waals surface area contributed by atoms with Gasteiger partial charge in [0.1, 0.15) is 11.3 Å². The molecular formula is C21H16FN3O4S2. The quantitative estimate of drug-likeness (QED) is 0.425. The predicted octanol–water partition coefficient (Wildman–Crippen LogP) is 3.91. The largest absolute Gasteiger partial charge is 0.431 e. The average molecular weight is 458 g/mol. The fourth-order valence-corrected chi connectivity index (χ4v) is 4.35. The summed E-state index contributed by atoms with van der Waals surface area (Å²) < 4.78 is 19.3. The maximum atomic E-state index is 13.8. The van der Waals surface area contributed by atoms with Gasteiger partial charge in [-0.25, -0.2) is 9.37 Å². The number of hydrogen-bond donors (Lipinski definition) is 1. The predicted molar refractivity (Wildman–Crippen MR) is 117 cm³/mol. The number of nitrogens with zero attached hydrogens (tertiary/aromatic N) is 2. The number of imide groups is 1. The Morgan fingerprint density at radius 1 is 1.19 bits per heavy atom. The van der Waals surface area contributed by atoms with Gasteiger partial charge >= 0.3 is 0 Å². The first-order valence-corrected chi connectivity index (χ1v) is 11.1. The van der Waals surface area contributed by atoms with Crippen LogP contribution in [0.3, 0.4) is 0 Å². The topological polar surface area (TPSA) is 92.5 Å². The maximum absolute atomic E-state index is 13.8. The van der Waals surface area contributed by atoms with E-state index >= 15 is 0 Å². The number of oxazole rings is 1. The van der Waals surface area contributed by atoms with Crippen LogP contribution < -0.4 is 5.32 Å². The number of amides is 3. The maximum Gasteiger partial charge on any atom is 0.293 e. The molecule has 1 fully saturated rings. The molecule has 0 unspecified atom stereocenters. The van der Waals surface area contributed by atoms with Crippen LogP contribution in [0.25, 0.3) is 17.2 Å². The third-order valence-electron chi connectivity index (χ3n) is 4.32. The van der Waals surface area contributed by atoms with Crippen LogP contribution in [0.5, 0.6) is 0 Å². The molecule has 0 atom stereocenters. The first-order valence-electron chi connectivity index (χ1n) is 9.26. The molecule has 158 valence electrons. The first-order chi connectivity index (χ1) is 15.0. The van der Waals surface area contributed by atoms with E-state index in [2.05, 4.69) is 10.3 Å². The molecule has 1 N–H and O–H groups in total. The minimum Gasteiger partial charge on any atom is -0.431 e. The Bertz CT molecular complexity index is 1160. The summed E-state index contributed by atoms with van der Waals surface area (Å²) in [5.74, 6) is -1.17. The smallest absolute Gasteiger partial charge is 0.293 e. The average Bonchev–Trinajstić information content (AvgIpc) is 3.29. The molecule has 2 aromatic carbocycles. The highest BCUT2D eigenvalue weighted by Gasteiger charge is 2.34. The molecule has 4 rings (SSSR count). The summed E-state index contributed by atoms with van der Waals surface area (Å²) in [6.07, 6.45) is 1.36. The van der Waals surface area contributed by atoms with E-state index in [0.717, 1.165) is 28.4 Å². The van der Waals surface area contributed by atoms with Crippen molar-refractivity contribution in [3.8, 4) is 0 Å². The Morgan fingerprint density at radius 2 is 1.97 bits per heavy atom. The van der Waals surface area contributed by atoms with Crippen LogP contribution >= 0.6 is 23.5 Å². The Morgan fingerprint density at radius 3 is 2.77 bits per heavy atom. The van der Waals surface area contributed by atoms with Gasteiger partial charge in [-0.05, 0) is 36.0 Å². The molecule has 0 saturated carbocycles. The molecule has 0 aliphatic carbocycles. The van der Waals surface area contributed by atoms with Gasteiger partial charge in [0.05, 0.1) is 10.7 Å². The van der Waals surface area contributed by atoms with Crippen molar-refractivity contribution in [2.45, 2.75) is 5.22 Å². The lowest BCUT2D eigenvalue weighted by Gasteiger charge is -2.12. The number of aromatic nitrogens is 1. The number of hydrogen-bond acceptors (Lipinski definition) is 7. The molecule has 2 heterocycles. The fraction of sp³-hybridized carbons (Fsp3) is 0.143. The second kappa shape index (κ2) is 9.36. The third kappa shape index (κ3) is 4.97. The first kappa shape index (κ1) is 21.1. The molecule has 1 aliphatic heterocycles. The van der Waals surface area contributed by atoms with Crippen molar-refractivity contribution in [3.63, 3.8) is 0 Å². The molecule has 3 amide bonds. The highest BCUT2D eigenvalue weighted by molar-refractivity contribution is 8.18. The number of fused-ring (bicyclic) bond motifs is 1. The van der Waals surface area contributed by atoms with Crippen LogP contribution in [0.2, 0.25) is 0 Å². The molecule has 0 radical (unpaired) electrons. The lowest BCUT2D eigenvalue weighted by molar-refractivity contribution is -0.123. The molecule has 0 spiro atoms. The van der Waals surface area contributed by atoms with Crippen molar-refractivity contribution in [2.75, 3.05) is 18.8 Å². The molecule has 1 saturated heterocycles. The fourth-order valence-electron chi connectivity index (χ4n) is 2.82. The van der Waals surface area contributed by atoms with Crippen molar-refractivity contribution < 1.29 is 23.2 Å². The lowest BCUT2D eigenvalue weighted by Crippen LogP contribution is -2.37. The Balaban J connectivity index is 1.27. The van der Waals surface area contributed by atoms with Crippen molar-refractivity contribution in [2.24, 2.45) is 0 Å². The van der Waals surface area contributed by atoms with Crippen LogP contribution in [-0.4, -0.2) is 45.8 Å². The summed E-state index contributed by atoms with van der Waals surface area (Å²) in [4.78, 5) is 42.1. The zero-order chi connectivity index (χ0) is 21.8. The van der Waals surface area contributed by atoms with Crippen molar-refractivity contribution in [1.29, 1.82) is 0 Å². The van der Waals surface area contributed by atoms with Gasteiger partial charge in [0.25, 0.3) is 16.4 Å². The number of benzene rings is 2. The normalized spacial score (nSPS) is 15.3. The zero-order valence-corrected chi connectivity index (χ0v) is 17.7. The highest BCUT2D eigenvalue weighted by Crippen LogP contribution is 2.32. The molecule has 7 nitrogen and oxygen atoms in total. The standard InChI is InChI=1S/C21H16FN3O4S2/c22-14-6-2-1-5-13(14)11-17-19(27)25(21(28)31-17)10-9-23-18(26)12-30-20-24-15-7-3-4-8-16(15)29-20/h1-8,11H,9-10,12H2,(H,23,26)/b17-11-. The SMILES string of the molecule is O=C(CSc1nc2ccccc2o1)NCCN1C(=O)S/C(=C\c2ccccc2F)C1=O. The Labute approximate surface area is 185 Å². The van der Waals surface area contributed by atoms with Gasteiger partial charge in [-0.3, -0.25) is 19.3 Å². The van der Waals surface area contributed by atoms with Crippen LogP contribution in [0.4, 0.5) is 9.18 Å². The van der Waals surface area contributed by atoms with Crippen molar-refractivity contribution >= 4 is 57.8 Å². The molecule has 1 aromatic heterocycles. The minimum absolute atomic E-state index is 0.0264. The summed E-state index contributed by atoms with van der Waals surface area (Å²) >= 11 is 1.90. The number of carbonyl (C=O) groups excluding carboxylic acids is 3. The van der Waals surface area contributed by atoms with E-state index in [-0.39, 0.29) is 35.2 Å². The lowest BCUT2D eigenvalue weighted by atomic mass is 10.2. The number of nitrogens with one attached hydrogen (secondary N) is 1. The molecule has 10 heteroatoms. The Hall–Kier alpha value is -3.11. The number of carbonyl (C=O) groups is 3. The number of thioether (sulfide) groups is 2. The summed E-state index contributed by atoms with van der Waals surface area (Å²) in [6, 6.07) is 13.3. The number of para-hydroxylation sites is 2. The summed E-state index contributed by atoms with van der Waals surface area (Å²) in [5, 5.41) is 2.60. The molecule has 31 heavy (non-hydrogen) atoms. The van der Waals surface area contributed by atoms with E-state index in [0.29, 0.717) is 16.3 Å². The van der Waals surface area contributed by atoms with E-state index in [1.165, 1.54) is 18.2 Å². The number of halogens is 1. The molecular weight excluding hydrogens is 441 g/mol. The molecule has 3 aromatic rings. The number of rotatable bonds is 7. The van der Waals surface area contributed by atoms with Gasteiger partial charge in [0, 0.05) is 18.7 Å². The second-order valence-electron chi connectivity index (χ2n) is 6.44. The third-order valence-corrected chi connectivity index (χ3v) is 6.06. The van der Waals surface area contributed by atoms with Gasteiger partial charge in [0.2, 0.25) is 5.91 Å². The minimum atomic E-state index is -0.506. The van der Waals surface area contributed by atoms with Gasteiger partial charge in [0.15, 0.2) is 5.58 Å². The second-order valence-corrected chi connectivity index (χ2v) is 8.36. The van der Waals surface area contributed by atoms with Gasteiger partial charge in [-0.2, -0.15) is 0 Å². The van der Waals surface area contributed by atoms with E-state index in [4.69, 9.17) is 4.42 Å². The molecule has 0 bridgehead atoms. The van der Waals surface area contributed by atoms with Crippen LogP contribution in [0.1, 0.15) is 5.56 Å². The van der Waals surface area contributed by atoms with Gasteiger partial charge in [-0.1, -0.05) is 42.1 Å². The van der Waals surface area contributed by atoms with E-state index in [9.17, 15) is 18.8 Å². The van der Waals surface area contributed by atoms with Crippen LogP contribution in [0.15, 0.2) is 63.1 Å². The summed E-state index contributed by atoms with van der Waals surface area (Å²) in [5.41, 5.74) is 1.60. The highest BCUT2D eigenvalue weighted by atomic mass is 32.2. The van der Waals surface area contributed by atoms with Crippen LogP contribution in [0, 0.1) is 5.82 Å². The van der Waals surface area contributed by atoms with E-state index < -0.39 is 17.0 Å². The monoisotopic (exact) mass is 457 g/mol. The van der Waals surface area contributed by atoms with Crippen LogP contribution in [-0.2, 0) is 9.59 Å². The zero-order valence-electron chi connectivity index (χ0n) is 16.0.